The molecule has 10 heavy (non-hydrogen) atoms. The van der Waals surface area contributed by atoms with Crippen molar-refractivity contribution in [3.63, 3.8) is 0 Å². The van der Waals surface area contributed by atoms with E-state index < -0.39 is 0 Å². The number of phenolic OH excluding ortho intramolecular Hbond substituents is 1. The Hall–Kier alpha value is -0.604. The van der Waals surface area contributed by atoms with E-state index in [1.54, 1.807) is 12.1 Å². The minimum Gasteiger partial charge on any atom is -0.521 e. The first kappa shape index (κ1) is 9.40. The summed E-state index contributed by atoms with van der Waals surface area (Å²) in [7, 11) is 0. The third-order valence-corrected chi connectivity index (χ3v) is 1.33. The largest absolute Gasteiger partial charge is 0.521 e. The maximum Gasteiger partial charge on any atom is 0.0605 e. The third kappa shape index (κ3) is 1.97. The van der Waals surface area contributed by atoms with Crippen LogP contribution >= 0.6 is 0 Å². The van der Waals surface area contributed by atoms with E-state index in [0.717, 1.165) is 11.1 Å². The molecule has 0 aliphatic carbocycles. The molecule has 1 rings (SSSR count). The standard InChI is InChI=1S/C8H9O.Co/c1-6-3-4-8(9)5-7(6)2;/h3-5,9H,2H2,1H3;/q-1;. The van der Waals surface area contributed by atoms with Crippen LogP contribution in [0.5, 0.6) is 5.75 Å². The van der Waals surface area contributed by atoms with Crippen molar-refractivity contribution in [3.8, 4) is 5.75 Å². The second kappa shape index (κ2) is 3.54. The summed E-state index contributed by atoms with van der Waals surface area (Å²) in [5.74, 6) is 0.283. The Bertz CT molecular complexity index is 220. The van der Waals surface area contributed by atoms with E-state index in [4.69, 9.17) is 5.11 Å². The molecule has 0 aromatic heterocycles. The number of benzene rings is 1. The van der Waals surface area contributed by atoms with Gasteiger partial charge in [-0.05, 0) is 6.07 Å². The Morgan fingerprint density at radius 1 is 1.40 bits per heavy atom. The van der Waals surface area contributed by atoms with Crippen LogP contribution in [0.25, 0.3) is 0 Å². The predicted molar refractivity (Wildman–Crippen MR) is 37.3 cm³/mol. The molecular formula is C8H9CoO-. The van der Waals surface area contributed by atoms with Gasteiger partial charge in [0.15, 0.2) is 0 Å². The van der Waals surface area contributed by atoms with Crippen molar-refractivity contribution in [2.24, 2.45) is 0 Å². The number of rotatable bonds is 0. The molecule has 57 valence electrons. The van der Waals surface area contributed by atoms with Crippen molar-refractivity contribution in [1.29, 1.82) is 0 Å². The number of aryl methyl sites for hydroxylation is 1. The Kier molecular flexibility index (Phi) is 3.32. The van der Waals surface area contributed by atoms with E-state index in [1.807, 2.05) is 13.0 Å². The van der Waals surface area contributed by atoms with Crippen LogP contribution in [-0.2, 0) is 16.8 Å². The van der Waals surface area contributed by atoms with Gasteiger partial charge in [0.2, 0.25) is 0 Å². The minimum atomic E-state index is 0. The normalized spacial score (nSPS) is 8.50. The van der Waals surface area contributed by atoms with Gasteiger partial charge in [0.1, 0.15) is 0 Å². The van der Waals surface area contributed by atoms with E-state index in [9.17, 15) is 0 Å². The topological polar surface area (TPSA) is 20.2 Å². The van der Waals surface area contributed by atoms with Gasteiger partial charge in [-0.3, -0.25) is 0 Å². The summed E-state index contributed by atoms with van der Waals surface area (Å²) in [6.07, 6.45) is 0. The van der Waals surface area contributed by atoms with E-state index in [-0.39, 0.29) is 22.5 Å². The molecule has 0 spiro atoms. The molecule has 0 heterocycles. The average Bonchev–Trinajstić information content (AvgIpc) is 1.80. The first-order chi connectivity index (χ1) is 4.20. The summed E-state index contributed by atoms with van der Waals surface area (Å²) in [5, 5.41) is 8.90. The fraction of sp³-hybridized carbons (Fsp3) is 0.125. The smallest absolute Gasteiger partial charge is 0.0605 e. The summed E-state index contributed by atoms with van der Waals surface area (Å²) >= 11 is 0. The number of aromatic hydroxyl groups is 1. The molecule has 1 N–H and O–H groups in total. The van der Waals surface area contributed by atoms with Crippen LogP contribution in [-0.4, -0.2) is 5.11 Å². The first-order valence-corrected chi connectivity index (χ1v) is 2.82. The monoisotopic (exact) mass is 180 g/mol. The van der Waals surface area contributed by atoms with Gasteiger partial charge in [-0.25, -0.2) is 0 Å². The van der Waals surface area contributed by atoms with E-state index in [0.29, 0.717) is 0 Å². The van der Waals surface area contributed by atoms with Crippen LogP contribution < -0.4 is 0 Å². The second-order valence-electron chi connectivity index (χ2n) is 2.11. The Morgan fingerprint density at radius 3 is 2.40 bits per heavy atom. The predicted octanol–water partition coefficient (Wildman–Crippen LogP) is 1.88. The summed E-state index contributed by atoms with van der Waals surface area (Å²) in [4.78, 5) is 0. The molecule has 0 aliphatic heterocycles. The molecule has 2 heteroatoms. The van der Waals surface area contributed by atoms with Crippen molar-refractivity contribution >= 4 is 0 Å². The molecular weight excluding hydrogens is 171 g/mol. The molecule has 1 nitrogen and oxygen atoms in total. The molecule has 0 amide bonds. The second-order valence-corrected chi connectivity index (χ2v) is 2.11. The van der Waals surface area contributed by atoms with Crippen LogP contribution in [0.15, 0.2) is 18.2 Å². The maximum atomic E-state index is 8.90. The van der Waals surface area contributed by atoms with Crippen LogP contribution in [0.4, 0.5) is 0 Å². The molecule has 0 saturated heterocycles. The van der Waals surface area contributed by atoms with E-state index in [2.05, 4.69) is 6.92 Å². The summed E-state index contributed by atoms with van der Waals surface area (Å²) in [6.45, 7) is 5.68. The molecule has 1 radical (unpaired) electrons. The van der Waals surface area contributed by atoms with Crippen LogP contribution in [0.3, 0.4) is 0 Å². The Balaban J connectivity index is 0.000000810. The zero-order valence-corrected chi connectivity index (χ0v) is 6.76. The number of hydrogen-bond donors (Lipinski definition) is 1. The van der Waals surface area contributed by atoms with Crippen molar-refractivity contribution in [1.82, 2.24) is 0 Å². The van der Waals surface area contributed by atoms with Crippen molar-refractivity contribution in [2.75, 3.05) is 0 Å². The molecule has 1 aromatic carbocycles. The molecule has 0 atom stereocenters. The Morgan fingerprint density at radius 2 is 2.00 bits per heavy atom. The van der Waals surface area contributed by atoms with Gasteiger partial charge in [0.25, 0.3) is 0 Å². The third-order valence-electron chi connectivity index (χ3n) is 1.33. The zero-order chi connectivity index (χ0) is 6.85. The van der Waals surface area contributed by atoms with Gasteiger partial charge < -0.3 is 5.11 Å². The first-order valence-electron chi connectivity index (χ1n) is 2.82. The van der Waals surface area contributed by atoms with E-state index in [1.165, 1.54) is 0 Å². The molecule has 0 saturated carbocycles. The quantitative estimate of drug-likeness (QED) is 0.604. The fourth-order valence-corrected chi connectivity index (χ4v) is 0.658. The van der Waals surface area contributed by atoms with Crippen molar-refractivity contribution < 1.29 is 21.9 Å². The summed E-state index contributed by atoms with van der Waals surface area (Å²) in [6, 6.07) is 5.15. The van der Waals surface area contributed by atoms with Gasteiger partial charge in [-0.1, -0.05) is 6.92 Å². The minimum absolute atomic E-state index is 0. The van der Waals surface area contributed by atoms with Crippen molar-refractivity contribution in [3.05, 3.63) is 36.2 Å². The molecule has 0 aliphatic rings. The molecule has 0 fully saturated rings. The van der Waals surface area contributed by atoms with Crippen molar-refractivity contribution in [2.45, 2.75) is 6.92 Å². The maximum absolute atomic E-state index is 8.90. The molecule has 1 aromatic rings. The summed E-state index contributed by atoms with van der Waals surface area (Å²) in [5.41, 5.74) is 1.99. The van der Waals surface area contributed by atoms with Crippen LogP contribution in [0.2, 0.25) is 0 Å². The zero-order valence-electron chi connectivity index (χ0n) is 5.72. The van der Waals surface area contributed by atoms with E-state index >= 15 is 0 Å². The summed E-state index contributed by atoms with van der Waals surface area (Å²) < 4.78 is 0. The average molecular weight is 180 g/mol. The van der Waals surface area contributed by atoms with Gasteiger partial charge in [-0.15, -0.1) is 12.1 Å². The van der Waals surface area contributed by atoms with Gasteiger partial charge in [0.05, 0.1) is 5.75 Å². The number of phenols is 1. The SMILES string of the molecule is [CH2-]c1cc(O)ccc1C.[Co]. The van der Waals surface area contributed by atoms with Gasteiger partial charge in [0, 0.05) is 16.8 Å². The Labute approximate surface area is 71.3 Å². The fourth-order valence-electron chi connectivity index (χ4n) is 0.658. The van der Waals surface area contributed by atoms with Crippen LogP contribution in [0, 0.1) is 13.8 Å². The van der Waals surface area contributed by atoms with Gasteiger partial charge in [-0.2, -0.15) is 18.1 Å². The number of hydrogen-bond acceptors (Lipinski definition) is 1. The molecule has 0 unspecified atom stereocenters. The van der Waals surface area contributed by atoms with Crippen LogP contribution in [0.1, 0.15) is 11.1 Å². The van der Waals surface area contributed by atoms with Gasteiger partial charge >= 0.3 is 0 Å². The molecule has 0 bridgehead atoms.